The van der Waals surface area contributed by atoms with Crippen molar-refractivity contribution >= 4 is 27.2 Å². The molecule has 0 radical (unpaired) electrons. The summed E-state index contributed by atoms with van der Waals surface area (Å²) in [7, 11) is 0. The highest BCUT2D eigenvalue weighted by atomic mass is 79.9. The summed E-state index contributed by atoms with van der Waals surface area (Å²) in [6, 6.07) is 10.5. The molecule has 0 saturated carbocycles. The summed E-state index contributed by atoms with van der Waals surface area (Å²) in [5.41, 5.74) is 2.68. The molecule has 2 heterocycles. The number of rotatable bonds is 2. The summed E-state index contributed by atoms with van der Waals surface area (Å²) in [6.45, 7) is 2.12. The average Bonchev–Trinajstić information content (AvgIpc) is 2.82. The molecule has 1 aromatic carbocycles. The van der Waals surface area contributed by atoms with Gasteiger partial charge in [-0.05, 0) is 28.4 Å². The molecule has 0 spiro atoms. The maximum Gasteiger partial charge on any atom is 0.197 e. The van der Waals surface area contributed by atoms with E-state index in [1.807, 2.05) is 22.8 Å². The smallest absolute Gasteiger partial charge is 0.197 e. The van der Waals surface area contributed by atoms with Crippen LogP contribution in [0.1, 0.15) is 18.5 Å². The third-order valence-electron chi connectivity index (χ3n) is 2.95. The van der Waals surface area contributed by atoms with E-state index in [4.69, 9.17) is 0 Å². The van der Waals surface area contributed by atoms with Gasteiger partial charge in [0.05, 0.1) is 18.6 Å². The Labute approximate surface area is 113 Å². The third-order valence-corrected chi connectivity index (χ3v) is 3.34. The number of nitrogens with zero attached hydrogens (tertiary/aromatic N) is 4. The van der Waals surface area contributed by atoms with Crippen LogP contribution in [-0.4, -0.2) is 19.5 Å². The quantitative estimate of drug-likeness (QED) is 0.730. The molecule has 90 valence electrons. The second-order valence-corrected chi connectivity index (χ2v) is 4.89. The summed E-state index contributed by atoms with van der Waals surface area (Å²) >= 11 is 3.34. The van der Waals surface area contributed by atoms with E-state index < -0.39 is 0 Å². The molecular formula is C13H11BrN4. The zero-order chi connectivity index (χ0) is 12.5. The summed E-state index contributed by atoms with van der Waals surface area (Å²) < 4.78 is 2.75. The van der Waals surface area contributed by atoms with Crippen LogP contribution in [0.5, 0.6) is 0 Å². The summed E-state index contributed by atoms with van der Waals surface area (Å²) in [4.78, 5) is 12.9. The number of halogens is 1. The topological polar surface area (TPSA) is 43.6 Å². The second-order valence-electron chi connectivity index (χ2n) is 4.08. The minimum Gasteiger partial charge on any atom is -0.307 e. The Balaban J connectivity index is 2.12. The van der Waals surface area contributed by atoms with Gasteiger partial charge in [0.2, 0.25) is 0 Å². The second kappa shape index (κ2) is 4.49. The van der Waals surface area contributed by atoms with Crippen molar-refractivity contribution in [1.82, 2.24) is 19.5 Å². The highest BCUT2D eigenvalue weighted by molar-refractivity contribution is 9.10. The van der Waals surface area contributed by atoms with E-state index in [-0.39, 0.29) is 6.04 Å². The molecule has 5 heteroatoms. The number of hydrogen-bond donors (Lipinski definition) is 0. The van der Waals surface area contributed by atoms with Gasteiger partial charge in [0, 0.05) is 0 Å². The monoisotopic (exact) mass is 302 g/mol. The van der Waals surface area contributed by atoms with Crippen LogP contribution < -0.4 is 0 Å². The molecule has 0 amide bonds. The molecule has 0 saturated heterocycles. The van der Waals surface area contributed by atoms with Gasteiger partial charge in [0.1, 0.15) is 4.60 Å². The third kappa shape index (κ3) is 1.90. The zero-order valence-corrected chi connectivity index (χ0v) is 11.4. The van der Waals surface area contributed by atoms with Gasteiger partial charge in [-0.15, -0.1) is 0 Å². The van der Waals surface area contributed by atoms with Crippen LogP contribution in [0.2, 0.25) is 0 Å². The molecule has 0 aliphatic carbocycles. The lowest BCUT2D eigenvalue weighted by Gasteiger charge is -2.13. The average molecular weight is 303 g/mol. The van der Waals surface area contributed by atoms with E-state index >= 15 is 0 Å². The van der Waals surface area contributed by atoms with Crippen molar-refractivity contribution in [2.75, 3.05) is 0 Å². The summed E-state index contributed by atoms with van der Waals surface area (Å²) in [6.07, 6.45) is 3.45. The van der Waals surface area contributed by atoms with E-state index in [0.29, 0.717) is 5.65 Å². The van der Waals surface area contributed by atoms with Crippen LogP contribution in [0, 0.1) is 0 Å². The Bertz CT molecular complexity index is 678. The lowest BCUT2D eigenvalue weighted by Crippen LogP contribution is -2.06. The Morgan fingerprint density at radius 3 is 2.72 bits per heavy atom. The van der Waals surface area contributed by atoms with Gasteiger partial charge in [-0.2, -0.15) is 0 Å². The lowest BCUT2D eigenvalue weighted by atomic mass is 10.1. The Hall–Kier alpha value is -1.75. The molecule has 0 N–H and O–H groups in total. The maximum atomic E-state index is 4.44. The Morgan fingerprint density at radius 1 is 1.17 bits per heavy atom. The molecule has 0 fully saturated rings. The molecule has 3 rings (SSSR count). The largest absolute Gasteiger partial charge is 0.307 e. The van der Waals surface area contributed by atoms with Crippen LogP contribution in [0.15, 0.2) is 47.5 Å². The summed E-state index contributed by atoms with van der Waals surface area (Å²) in [5, 5.41) is 0. The first kappa shape index (κ1) is 11.3. The van der Waals surface area contributed by atoms with E-state index in [0.717, 1.165) is 10.3 Å². The van der Waals surface area contributed by atoms with Crippen LogP contribution in [0.3, 0.4) is 0 Å². The minimum absolute atomic E-state index is 0.180. The van der Waals surface area contributed by atoms with Gasteiger partial charge in [-0.3, -0.25) is 0 Å². The molecule has 0 aliphatic heterocycles. The first-order valence-corrected chi connectivity index (χ1v) is 6.45. The first-order chi connectivity index (χ1) is 8.75. The number of hydrogen-bond acceptors (Lipinski definition) is 3. The maximum absolute atomic E-state index is 4.44. The predicted molar refractivity (Wildman–Crippen MR) is 73.3 cm³/mol. The molecule has 1 atom stereocenters. The molecule has 0 bridgehead atoms. The standard InChI is InChI=1S/C13H11BrN4/c1-9(10-5-3-2-4-6-10)18-8-16-12-13(18)17-11(14)7-15-12/h2-9H,1H3/t9-/m0/s1. The van der Waals surface area contributed by atoms with Crippen molar-refractivity contribution in [3.05, 3.63) is 53.0 Å². The molecular weight excluding hydrogens is 292 g/mol. The normalized spacial score (nSPS) is 12.8. The van der Waals surface area contributed by atoms with Crippen molar-refractivity contribution in [2.24, 2.45) is 0 Å². The van der Waals surface area contributed by atoms with Crippen LogP contribution in [0.25, 0.3) is 11.3 Å². The van der Waals surface area contributed by atoms with Gasteiger partial charge in [0.15, 0.2) is 11.3 Å². The van der Waals surface area contributed by atoms with Gasteiger partial charge in [-0.1, -0.05) is 30.3 Å². The number of benzene rings is 1. The van der Waals surface area contributed by atoms with Gasteiger partial charge < -0.3 is 4.57 Å². The molecule has 4 nitrogen and oxygen atoms in total. The number of aromatic nitrogens is 4. The van der Waals surface area contributed by atoms with Crippen molar-refractivity contribution in [2.45, 2.75) is 13.0 Å². The summed E-state index contributed by atoms with van der Waals surface area (Å²) in [5.74, 6) is 0. The van der Waals surface area contributed by atoms with E-state index in [2.05, 4.69) is 49.9 Å². The Kier molecular flexibility index (Phi) is 2.83. The molecule has 0 aliphatic rings. The van der Waals surface area contributed by atoms with E-state index in [9.17, 15) is 0 Å². The highest BCUT2D eigenvalue weighted by Gasteiger charge is 2.13. The molecule has 0 unspecified atom stereocenters. The van der Waals surface area contributed by atoms with Crippen molar-refractivity contribution < 1.29 is 0 Å². The van der Waals surface area contributed by atoms with Crippen molar-refractivity contribution in [3.63, 3.8) is 0 Å². The fraction of sp³-hybridized carbons (Fsp3) is 0.154. The fourth-order valence-electron chi connectivity index (χ4n) is 1.96. The van der Waals surface area contributed by atoms with Crippen molar-refractivity contribution in [3.8, 4) is 0 Å². The number of imidazole rings is 1. The van der Waals surface area contributed by atoms with Crippen molar-refractivity contribution in [1.29, 1.82) is 0 Å². The first-order valence-electron chi connectivity index (χ1n) is 5.66. The predicted octanol–water partition coefficient (Wildman–Crippen LogP) is 3.20. The molecule has 18 heavy (non-hydrogen) atoms. The van der Waals surface area contributed by atoms with Gasteiger partial charge in [0.25, 0.3) is 0 Å². The molecule has 2 aromatic heterocycles. The van der Waals surface area contributed by atoms with E-state index in [1.165, 1.54) is 5.56 Å². The van der Waals surface area contributed by atoms with Crippen LogP contribution in [-0.2, 0) is 0 Å². The SMILES string of the molecule is C[C@@H](c1ccccc1)n1cnc2ncc(Br)nc21. The van der Waals surface area contributed by atoms with E-state index in [1.54, 1.807) is 12.5 Å². The highest BCUT2D eigenvalue weighted by Crippen LogP contribution is 2.21. The van der Waals surface area contributed by atoms with Crippen LogP contribution in [0.4, 0.5) is 0 Å². The van der Waals surface area contributed by atoms with Crippen LogP contribution >= 0.6 is 15.9 Å². The van der Waals surface area contributed by atoms with Gasteiger partial charge in [-0.25, -0.2) is 15.0 Å². The Morgan fingerprint density at radius 2 is 1.94 bits per heavy atom. The molecule has 3 aromatic rings. The zero-order valence-electron chi connectivity index (χ0n) is 9.79. The lowest BCUT2D eigenvalue weighted by molar-refractivity contribution is 0.652. The fourth-order valence-corrected chi connectivity index (χ4v) is 2.23. The van der Waals surface area contributed by atoms with Gasteiger partial charge >= 0.3 is 0 Å². The minimum atomic E-state index is 0.180. The number of fused-ring (bicyclic) bond motifs is 1.